The molecule has 0 aliphatic heterocycles. The Morgan fingerprint density at radius 2 is 1.42 bits per heavy atom. The maximum absolute atomic E-state index is 11.4. The topological polar surface area (TPSA) is 94.8 Å². The van der Waals surface area contributed by atoms with Gasteiger partial charge in [0.25, 0.3) is 0 Å². The molecule has 26 heavy (non-hydrogen) atoms. The molecule has 0 fully saturated rings. The van der Waals surface area contributed by atoms with E-state index in [4.69, 9.17) is 5.11 Å². The van der Waals surface area contributed by atoms with Gasteiger partial charge in [0.05, 0.1) is 11.1 Å². The smallest absolute Gasteiger partial charge is 0.336 e. The molecule has 1 aliphatic carbocycles. The molecule has 0 atom stereocenters. The Morgan fingerprint density at radius 3 is 1.85 bits per heavy atom. The minimum atomic E-state index is -1.19. The fraction of sp³-hybridized carbons (Fsp3) is 0.238. The van der Waals surface area contributed by atoms with Crippen LogP contribution in [0.2, 0.25) is 0 Å². The zero-order valence-electron chi connectivity index (χ0n) is 14.6. The summed E-state index contributed by atoms with van der Waals surface area (Å²) in [6, 6.07) is 8.90. The van der Waals surface area contributed by atoms with E-state index in [0.717, 1.165) is 0 Å². The summed E-state index contributed by atoms with van der Waals surface area (Å²) >= 11 is 0. The summed E-state index contributed by atoms with van der Waals surface area (Å²) in [5.41, 5.74) is 1.14. The second-order valence-electron chi connectivity index (χ2n) is 6.07. The maximum atomic E-state index is 11.4. The second kappa shape index (κ2) is 8.85. The van der Waals surface area contributed by atoms with Crippen molar-refractivity contribution >= 4 is 11.9 Å². The Bertz CT molecular complexity index is 811. The van der Waals surface area contributed by atoms with Crippen LogP contribution in [0.1, 0.15) is 52.0 Å². The standard InChI is InChI=1S/C15H12O5.C6H10/c1-8-11(14(17)18)6-7-12(13(8)15(19)20)9-2-4-10(16)5-3-9;1-2-4-6-5-3-1/h2-7,16H,1H3,(H,17,18)(H,19,20);1-2H,3-6H2. The predicted octanol–water partition coefficient (Wildman–Crippen LogP) is 4.88. The lowest BCUT2D eigenvalue weighted by molar-refractivity contribution is 0.0696. The van der Waals surface area contributed by atoms with E-state index in [2.05, 4.69) is 12.2 Å². The van der Waals surface area contributed by atoms with E-state index in [9.17, 15) is 19.8 Å². The van der Waals surface area contributed by atoms with Gasteiger partial charge in [0.15, 0.2) is 0 Å². The van der Waals surface area contributed by atoms with E-state index in [1.807, 2.05) is 0 Å². The molecule has 0 spiro atoms. The molecule has 5 heteroatoms. The van der Waals surface area contributed by atoms with Crippen molar-refractivity contribution in [3.8, 4) is 16.9 Å². The summed E-state index contributed by atoms with van der Waals surface area (Å²) in [5.74, 6) is -2.28. The summed E-state index contributed by atoms with van der Waals surface area (Å²) < 4.78 is 0. The third-order valence-electron chi connectivity index (χ3n) is 4.25. The number of hydrogen-bond acceptors (Lipinski definition) is 3. The fourth-order valence-electron chi connectivity index (χ4n) is 2.86. The molecule has 1 aliphatic rings. The molecule has 0 heterocycles. The quantitative estimate of drug-likeness (QED) is 0.683. The van der Waals surface area contributed by atoms with Crippen LogP contribution in [0.3, 0.4) is 0 Å². The van der Waals surface area contributed by atoms with Gasteiger partial charge >= 0.3 is 11.9 Å². The van der Waals surface area contributed by atoms with Crippen LogP contribution in [0.15, 0.2) is 48.6 Å². The van der Waals surface area contributed by atoms with E-state index in [0.29, 0.717) is 11.1 Å². The van der Waals surface area contributed by atoms with Crippen LogP contribution in [0.25, 0.3) is 11.1 Å². The van der Waals surface area contributed by atoms with Crippen LogP contribution in [-0.2, 0) is 0 Å². The molecule has 2 aromatic carbocycles. The van der Waals surface area contributed by atoms with Crippen molar-refractivity contribution in [1.29, 1.82) is 0 Å². The van der Waals surface area contributed by atoms with Crippen molar-refractivity contribution in [2.24, 2.45) is 0 Å². The van der Waals surface area contributed by atoms with Crippen molar-refractivity contribution < 1.29 is 24.9 Å². The average Bonchev–Trinajstić information content (AvgIpc) is 2.63. The number of carboxylic acids is 2. The third-order valence-corrected chi connectivity index (χ3v) is 4.25. The first-order valence-corrected chi connectivity index (χ1v) is 8.46. The van der Waals surface area contributed by atoms with Gasteiger partial charge in [0, 0.05) is 0 Å². The average molecular weight is 354 g/mol. The fourth-order valence-corrected chi connectivity index (χ4v) is 2.86. The van der Waals surface area contributed by atoms with E-state index < -0.39 is 11.9 Å². The number of phenols is 1. The monoisotopic (exact) mass is 354 g/mol. The van der Waals surface area contributed by atoms with Crippen LogP contribution in [0, 0.1) is 6.92 Å². The zero-order valence-corrected chi connectivity index (χ0v) is 14.6. The molecule has 0 amide bonds. The van der Waals surface area contributed by atoms with Crippen molar-refractivity contribution in [2.45, 2.75) is 32.6 Å². The Labute approximate surface area is 152 Å². The predicted molar refractivity (Wildman–Crippen MR) is 99.8 cm³/mol. The van der Waals surface area contributed by atoms with Gasteiger partial charge < -0.3 is 15.3 Å². The number of hydrogen-bond donors (Lipinski definition) is 3. The number of allylic oxidation sites excluding steroid dienone is 2. The zero-order chi connectivity index (χ0) is 19.1. The van der Waals surface area contributed by atoms with E-state index >= 15 is 0 Å². The summed E-state index contributed by atoms with van der Waals surface area (Å²) in [7, 11) is 0. The first-order chi connectivity index (χ1) is 12.4. The minimum absolute atomic E-state index is 0.0371. The highest BCUT2D eigenvalue weighted by atomic mass is 16.4. The van der Waals surface area contributed by atoms with Gasteiger partial charge in [-0.15, -0.1) is 0 Å². The lowest BCUT2D eigenvalue weighted by Gasteiger charge is -2.11. The minimum Gasteiger partial charge on any atom is -0.508 e. The first kappa shape index (κ1) is 19.2. The number of phenolic OH excluding ortho intramolecular Hbond substituents is 1. The van der Waals surface area contributed by atoms with Crippen molar-refractivity contribution in [3.63, 3.8) is 0 Å². The van der Waals surface area contributed by atoms with Gasteiger partial charge in [0.2, 0.25) is 0 Å². The Balaban J connectivity index is 0.000000342. The molecular formula is C21H22O5. The number of carboxylic acid groups (broad SMARTS) is 2. The Hall–Kier alpha value is -3.08. The highest BCUT2D eigenvalue weighted by molar-refractivity contribution is 6.02. The second-order valence-corrected chi connectivity index (χ2v) is 6.07. The number of rotatable bonds is 3. The van der Waals surface area contributed by atoms with Gasteiger partial charge in [0.1, 0.15) is 5.75 Å². The SMILES string of the molecule is C1=CCCCC1.Cc1c(C(=O)O)ccc(-c2ccc(O)cc2)c1C(=O)O. The largest absolute Gasteiger partial charge is 0.508 e. The van der Waals surface area contributed by atoms with Gasteiger partial charge in [-0.1, -0.05) is 30.4 Å². The number of aromatic hydroxyl groups is 1. The normalized spacial score (nSPS) is 12.8. The lowest BCUT2D eigenvalue weighted by Crippen LogP contribution is -2.09. The lowest BCUT2D eigenvalue weighted by atomic mass is 9.92. The first-order valence-electron chi connectivity index (χ1n) is 8.46. The highest BCUT2D eigenvalue weighted by Gasteiger charge is 2.20. The molecule has 2 aromatic rings. The Kier molecular flexibility index (Phi) is 6.55. The van der Waals surface area contributed by atoms with Crippen LogP contribution in [0.5, 0.6) is 5.75 Å². The van der Waals surface area contributed by atoms with Crippen molar-refractivity contribution in [2.75, 3.05) is 0 Å². The van der Waals surface area contributed by atoms with Crippen molar-refractivity contribution in [1.82, 2.24) is 0 Å². The maximum Gasteiger partial charge on any atom is 0.336 e. The molecule has 0 saturated heterocycles. The molecule has 0 aromatic heterocycles. The Morgan fingerprint density at radius 1 is 0.846 bits per heavy atom. The van der Waals surface area contributed by atoms with E-state index in [-0.39, 0.29) is 22.4 Å². The van der Waals surface area contributed by atoms with Crippen LogP contribution >= 0.6 is 0 Å². The van der Waals surface area contributed by atoms with Gasteiger partial charge in [-0.2, -0.15) is 0 Å². The highest BCUT2D eigenvalue weighted by Crippen LogP contribution is 2.29. The van der Waals surface area contributed by atoms with Gasteiger partial charge in [-0.05, 0) is 67.5 Å². The third kappa shape index (κ3) is 4.72. The number of carbonyl (C=O) groups is 2. The van der Waals surface area contributed by atoms with Crippen LogP contribution < -0.4 is 0 Å². The van der Waals surface area contributed by atoms with E-state index in [1.54, 1.807) is 12.1 Å². The van der Waals surface area contributed by atoms with Crippen LogP contribution in [0.4, 0.5) is 0 Å². The van der Waals surface area contributed by atoms with Gasteiger partial charge in [-0.25, -0.2) is 9.59 Å². The van der Waals surface area contributed by atoms with E-state index in [1.165, 1.54) is 56.9 Å². The van der Waals surface area contributed by atoms with Crippen molar-refractivity contribution in [3.05, 3.63) is 65.2 Å². The number of aromatic carboxylic acids is 2. The molecule has 3 N–H and O–H groups in total. The molecule has 0 bridgehead atoms. The molecule has 136 valence electrons. The summed E-state index contributed by atoms with van der Waals surface area (Å²) in [4.78, 5) is 22.5. The molecule has 0 radical (unpaired) electrons. The summed E-state index contributed by atoms with van der Waals surface area (Å²) in [6.45, 7) is 1.47. The number of benzene rings is 2. The molecular weight excluding hydrogens is 332 g/mol. The summed E-state index contributed by atoms with van der Waals surface area (Å²) in [6.07, 6.45) is 10.0. The molecule has 0 saturated carbocycles. The van der Waals surface area contributed by atoms with Crippen LogP contribution in [-0.4, -0.2) is 27.3 Å². The summed E-state index contributed by atoms with van der Waals surface area (Å²) in [5, 5.41) is 27.6. The molecule has 3 rings (SSSR count). The molecule has 0 unspecified atom stereocenters. The molecule has 5 nitrogen and oxygen atoms in total. The van der Waals surface area contributed by atoms with Gasteiger partial charge in [-0.3, -0.25) is 0 Å².